The van der Waals surface area contributed by atoms with Crippen LogP contribution in [0.25, 0.3) is 105 Å². The van der Waals surface area contributed by atoms with Crippen molar-refractivity contribution < 1.29 is 0 Å². The fraction of sp³-hybridized carbons (Fsp3) is 0.0448. The van der Waals surface area contributed by atoms with Gasteiger partial charge < -0.3 is 9.13 Å². The fourth-order valence-electron chi connectivity index (χ4n) is 10.1. The van der Waals surface area contributed by atoms with Crippen molar-refractivity contribution in [2.24, 2.45) is 0 Å². The van der Waals surface area contributed by atoms with Gasteiger partial charge in [-0.1, -0.05) is 202 Å². The molecule has 0 saturated carbocycles. The molecule has 0 atom stereocenters. The molecule has 12 aromatic rings. The van der Waals surface area contributed by atoms with E-state index in [0.29, 0.717) is 0 Å². The van der Waals surface area contributed by atoms with Gasteiger partial charge in [-0.05, 0) is 139 Å². The van der Waals surface area contributed by atoms with Crippen LogP contribution in [-0.4, -0.2) is 9.13 Å². The van der Waals surface area contributed by atoms with Gasteiger partial charge in [0.2, 0.25) is 0 Å². The smallest absolute Gasteiger partial charge is 0.0625 e. The van der Waals surface area contributed by atoms with Crippen molar-refractivity contribution in [3.05, 3.63) is 272 Å². The molecule has 12 rings (SSSR count). The van der Waals surface area contributed by atoms with E-state index in [9.17, 15) is 0 Å². The van der Waals surface area contributed by atoms with E-state index in [2.05, 4.69) is 265 Å². The lowest BCUT2D eigenvalue weighted by atomic mass is 9.95. The van der Waals surface area contributed by atoms with E-state index in [1.165, 1.54) is 87.6 Å². The molecular weight excluding hydrogens is 833 g/mol. The molecule has 0 unspecified atom stereocenters. The van der Waals surface area contributed by atoms with Gasteiger partial charge in [0, 0.05) is 39.1 Å². The van der Waals surface area contributed by atoms with Crippen LogP contribution in [0.4, 0.5) is 0 Å². The minimum atomic E-state index is 0.971. The van der Waals surface area contributed by atoms with Crippen molar-refractivity contribution >= 4 is 71.0 Å². The summed E-state index contributed by atoms with van der Waals surface area (Å²) in [6, 6.07) is 83.5. The first-order chi connectivity index (χ1) is 34.1. The van der Waals surface area contributed by atoms with Crippen LogP contribution in [0.2, 0.25) is 0 Å². The number of hydrogen-bond donors (Lipinski definition) is 0. The number of rotatable bonds is 9. The molecule has 69 heavy (non-hydrogen) atoms. The molecule has 10 aromatic carbocycles. The van der Waals surface area contributed by atoms with E-state index in [1.54, 1.807) is 0 Å². The Morgan fingerprint density at radius 2 is 0.928 bits per heavy atom. The summed E-state index contributed by atoms with van der Waals surface area (Å²) in [7, 11) is 0. The zero-order valence-corrected chi connectivity index (χ0v) is 39.3. The van der Waals surface area contributed by atoms with Gasteiger partial charge in [0.25, 0.3) is 0 Å². The van der Waals surface area contributed by atoms with Gasteiger partial charge in [-0.2, -0.15) is 0 Å². The summed E-state index contributed by atoms with van der Waals surface area (Å²) in [5, 5.41) is 8.71. The maximum absolute atomic E-state index is 4.51. The zero-order valence-electron chi connectivity index (χ0n) is 39.3. The third-order valence-electron chi connectivity index (χ3n) is 13.4. The molecule has 2 heterocycles. The lowest BCUT2D eigenvalue weighted by molar-refractivity contribution is 1.13. The van der Waals surface area contributed by atoms with Crippen molar-refractivity contribution in [1.29, 1.82) is 0 Å². The largest absolute Gasteiger partial charge is 0.317 e. The first kappa shape index (κ1) is 42.9. The van der Waals surface area contributed by atoms with E-state index < -0.39 is 0 Å². The predicted molar refractivity (Wildman–Crippen MR) is 298 cm³/mol. The monoisotopic (exact) mass is 884 g/mol. The second kappa shape index (κ2) is 18.5. The Balaban J connectivity index is 0.00000257. The molecule has 330 valence electrons. The summed E-state index contributed by atoms with van der Waals surface area (Å²) >= 11 is 0. The first-order valence-electron chi connectivity index (χ1n) is 24.0. The Morgan fingerprint density at radius 1 is 0.406 bits per heavy atom. The highest BCUT2D eigenvalue weighted by Gasteiger charge is 2.20. The van der Waals surface area contributed by atoms with Gasteiger partial charge in [0.1, 0.15) is 0 Å². The third-order valence-corrected chi connectivity index (χ3v) is 13.4. The number of benzene rings is 10. The Morgan fingerprint density at radius 3 is 1.61 bits per heavy atom. The number of hydrogen-bond acceptors (Lipinski definition) is 0. The molecule has 0 saturated heterocycles. The minimum Gasteiger partial charge on any atom is -0.317 e. The SMILES string of the molecule is C=C(/C=C(\C=C(/C)c1ccccc1)c1ccc(-n2c3ccc(-c4ccc5c(ccn5-c5ccc(-c6ccccc6)cc5)c4)cc3c3c4ccccc4c4ccccc4c32)cc1)c1ccccc1.CC. The van der Waals surface area contributed by atoms with Gasteiger partial charge >= 0.3 is 0 Å². The fourth-order valence-corrected chi connectivity index (χ4v) is 10.1. The molecule has 2 heteroatoms. The van der Waals surface area contributed by atoms with Crippen molar-refractivity contribution in [3.8, 4) is 33.6 Å². The summed E-state index contributed by atoms with van der Waals surface area (Å²) < 4.78 is 4.77. The van der Waals surface area contributed by atoms with E-state index in [1.807, 2.05) is 19.9 Å². The van der Waals surface area contributed by atoms with E-state index >= 15 is 0 Å². The summed E-state index contributed by atoms with van der Waals surface area (Å²) in [4.78, 5) is 0. The van der Waals surface area contributed by atoms with Crippen LogP contribution in [-0.2, 0) is 0 Å². The number of allylic oxidation sites excluding steroid dienone is 5. The molecule has 0 aliphatic rings. The van der Waals surface area contributed by atoms with Gasteiger partial charge in [0.05, 0.1) is 16.6 Å². The van der Waals surface area contributed by atoms with Gasteiger partial charge in [-0.3, -0.25) is 0 Å². The summed E-state index contributed by atoms with van der Waals surface area (Å²) in [6.45, 7) is 10.7. The molecule has 0 radical (unpaired) electrons. The highest BCUT2D eigenvalue weighted by Crippen LogP contribution is 2.44. The van der Waals surface area contributed by atoms with E-state index in [4.69, 9.17) is 0 Å². The molecule has 2 aromatic heterocycles. The van der Waals surface area contributed by atoms with E-state index in [-0.39, 0.29) is 0 Å². The standard InChI is InChI=1S/C65H46N2.C2H6/c1-44(46-16-6-3-7-17-46)40-54(41-45(2)47-18-8-4-9-19-47)50-28-34-56(35-29-50)67-63-37-31-52(43-61(63)64-59-24-14-12-22-57(59)58-23-13-15-25-60(58)65(64)67)51-30-36-62-53(42-51)38-39-66(62)55-32-26-49(27-33-55)48-20-10-5-11-21-48;1-2/h3-43H,1H2,2H3;1-2H3/b45-41+,54-40+;. The van der Waals surface area contributed by atoms with Crippen LogP contribution in [0.3, 0.4) is 0 Å². The van der Waals surface area contributed by atoms with Crippen LogP contribution >= 0.6 is 0 Å². The summed E-state index contributed by atoms with van der Waals surface area (Å²) in [5.74, 6) is 0. The lowest BCUT2D eigenvalue weighted by Crippen LogP contribution is -1.96. The maximum Gasteiger partial charge on any atom is 0.0625 e. The maximum atomic E-state index is 4.51. The minimum absolute atomic E-state index is 0.971. The highest BCUT2D eigenvalue weighted by atomic mass is 15.0. The lowest BCUT2D eigenvalue weighted by Gasteiger charge is -2.14. The second-order valence-corrected chi connectivity index (χ2v) is 17.5. The Bertz CT molecular complexity index is 3880. The number of aromatic nitrogens is 2. The van der Waals surface area contributed by atoms with E-state index in [0.717, 1.165) is 33.6 Å². The average Bonchev–Trinajstić information content (AvgIpc) is 4.01. The first-order valence-corrected chi connectivity index (χ1v) is 24.0. The highest BCUT2D eigenvalue weighted by molar-refractivity contribution is 6.32. The quantitative estimate of drug-likeness (QED) is 0.101. The average molecular weight is 885 g/mol. The second-order valence-electron chi connectivity index (χ2n) is 17.5. The molecule has 0 aliphatic carbocycles. The van der Waals surface area contributed by atoms with Crippen molar-refractivity contribution in [2.75, 3.05) is 0 Å². The normalized spacial score (nSPS) is 11.9. The zero-order chi connectivity index (χ0) is 46.8. The number of fused-ring (bicyclic) bond motifs is 9. The summed E-state index contributed by atoms with van der Waals surface area (Å²) in [5.41, 5.74) is 17.4. The van der Waals surface area contributed by atoms with Crippen LogP contribution in [0, 0.1) is 0 Å². The number of nitrogens with zero attached hydrogens (tertiary/aromatic N) is 2. The van der Waals surface area contributed by atoms with Crippen LogP contribution in [0.5, 0.6) is 0 Å². The summed E-state index contributed by atoms with van der Waals surface area (Å²) in [6.07, 6.45) is 6.69. The molecule has 0 spiro atoms. The van der Waals surface area contributed by atoms with Gasteiger partial charge in [-0.15, -0.1) is 0 Å². The Hall–Kier alpha value is -8.72. The van der Waals surface area contributed by atoms with Gasteiger partial charge in [-0.25, -0.2) is 0 Å². The van der Waals surface area contributed by atoms with Crippen molar-refractivity contribution in [3.63, 3.8) is 0 Å². The predicted octanol–water partition coefficient (Wildman–Crippen LogP) is 18.6. The topological polar surface area (TPSA) is 9.86 Å². The van der Waals surface area contributed by atoms with Crippen LogP contribution in [0.1, 0.15) is 37.5 Å². The third kappa shape index (κ3) is 7.96. The van der Waals surface area contributed by atoms with Crippen molar-refractivity contribution in [1.82, 2.24) is 9.13 Å². The van der Waals surface area contributed by atoms with Gasteiger partial charge in [0.15, 0.2) is 0 Å². The molecule has 0 bridgehead atoms. The molecule has 0 fully saturated rings. The van der Waals surface area contributed by atoms with Crippen molar-refractivity contribution in [2.45, 2.75) is 20.8 Å². The molecule has 0 N–H and O–H groups in total. The molecular formula is C67H52N2. The molecule has 2 nitrogen and oxygen atoms in total. The molecule has 0 aliphatic heterocycles. The molecule has 0 amide bonds. The van der Waals surface area contributed by atoms with Crippen LogP contribution in [0.15, 0.2) is 255 Å². The van der Waals surface area contributed by atoms with Crippen LogP contribution < -0.4 is 0 Å². The Labute approximate surface area is 404 Å². The Kier molecular flexibility index (Phi) is 11.5.